The Morgan fingerprint density at radius 3 is 2.32 bits per heavy atom. The van der Waals surface area contributed by atoms with Crippen molar-refractivity contribution in [3.8, 4) is 28.3 Å². The van der Waals surface area contributed by atoms with E-state index in [0.29, 0.717) is 10.7 Å². The summed E-state index contributed by atoms with van der Waals surface area (Å²) in [6, 6.07) is 17.0. The van der Waals surface area contributed by atoms with Gasteiger partial charge in [0.1, 0.15) is 5.75 Å². The molecule has 0 saturated heterocycles. The fourth-order valence-corrected chi connectivity index (χ4v) is 2.41. The molecule has 5 heteroatoms. The van der Waals surface area contributed by atoms with Crippen LogP contribution in [0.3, 0.4) is 0 Å². The second-order valence-electron chi connectivity index (χ2n) is 4.70. The molecule has 0 atom stereocenters. The molecule has 0 amide bonds. The average Bonchev–Trinajstić information content (AvgIpc) is 2.55. The van der Waals surface area contributed by atoms with Crippen molar-refractivity contribution >= 4 is 17.5 Å². The number of ether oxygens (including phenoxy) is 1. The molecule has 0 unspecified atom stereocenters. The zero-order valence-electron chi connectivity index (χ0n) is 12.0. The van der Waals surface area contributed by atoms with Gasteiger partial charge in [-0.25, -0.2) is 9.97 Å². The molecule has 22 heavy (non-hydrogen) atoms. The Balaban J connectivity index is 2.08. The van der Waals surface area contributed by atoms with Crippen LogP contribution in [-0.4, -0.2) is 17.1 Å². The van der Waals surface area contributed by atoms with Gasteiger partial charge in [-0.1, -0.05) is 29.8 Å². The van der Waals surface area contributed by atoms with Gasteiger partial charge < -0.3 is 10.5 Å². The van der Waals surface area contributed by atoms with E-state index in [4.69, 9.17) is 22.1 Å². The summed E-state index contributed by atoms with van der Waals surface area (Å²) >= 11 is 6.23. The molecule has 0 radical (unpaired) electrons. The van der Waals surface area contributed by atoms with E-state index in [2.05, 4.69) is 9.97 Å². The molecule has 1 aromatic heterocycles. The van der Waals surface area contributed by atoms with Gasteiger partial charge in [0.25, 0.3) is 0 Å². The molecule has 1 heterocycles. The maximum atomic E-state index is 6.23. The summed E-state index contributed by atoms with van der Waals surface area (Å²) in [5.41, 5.74) is 9.05. The molecule has 0 spiro atoms. The van der Waals surface area contributed by atoms with Crippen LogP contribution in [-0.2, 0) is 0 Å². The van der Waals surface area contributed by atoms with E-state index in [1.807, 2.05) is 54.6 Å². The number of hydrogen-bond acceptors (Lipinski definition) is 4. The number of aromatic nitrogens is 2. The van der Waals surface area contributed by atoms with Crippen molar-refractivity contribution < 1.29 is 4.74 Å². The first-order valence-corrected chi connectivity index (χ1v) is 7.09. The van der Waals surface area contributed by atoms with Gasteiger partial charge in [0, 0.05) is 16.1 Å². The number of nitrogens with two attached hydrogens (primary N) is 1. The van der Waals surface area contributed by atoms with Crippen LogP contribution in [0.5, 0.6) is 5.75 Å². The van der Waals surface area contributed by atoms with Gasteiger partial charge in [0.05, 0.1) is 18.5 Å². The third-order valence-corrected chi connectivity index (χ3v) is 3.61. The number of anilines is 1. The van der Waals surface area contributed by atoms with Gasteiger partial charge in [-0.05, 0) is 36.4 Å². The Kier molecular flexibility index (Phi) is 3.94. The maximum absolute atomic E-state index is 6.23. The first kappa shape index (κ1) is 14.4. The Morgan fingerprint density at radius 2 is 1.64 bits per heavy atom. The topological polar surface area (TPSA) is 61.0 Å². The number of nitrogens with zero attached hydrogens (tertiary/aromatic N) is 2. The van der Waals surface area contributed by atoms with Crippen molar-refractivity contribution in [3.63, 3.8) is 0 Å². The standard InChI is InChI=1S/C17H14ClN3O/c1-22-12-8-6-11(7-9-12)15-10-16(21-17(19)20-15)13-4-2-3-5-14(13)18/h2-10H,1H3,(H2,19,20,21). The largest absolute Gasteiger partial charge is 0.497 e. The molecule has 0 aliphatic carbocycles. The SMILES string of the molecule is COc1ccc(-c2cc(-c3ccccc3Cl)nc(N)n2)cc1. The van der Waals surface area contributed by atoms with Crippen LogP contribution in [0.25, 0.3) is 22.5 Å². The highest BCUT2D eigenvalue weighted by Gasteiger charge is 2.09. The number of benzene rings is 2. The van der Waals surface area contributed by atoms with Crippen LogP contribution < -0.4 is 10.5 Å². The fourth-order valence-electron chi connectivity index (χ4n) is 2.18. The van der Waals surface area contributed by atoms with Gasteiger partial charge >= 0.3 is 0 Å². The van der Waals surface area contributed by atoms with Crippen LogP contribution in [0, 0.1) is 0 Å². The number of nitrogen functional groups attached to an aromatic ring is 1. The minimum absolute atomic E-state index is 0.211. The minimum atomic E-state index is 0.211. The highest BCUT2D eigenvalue weighted by molar-refractivity contribution is 6.33. The van der Waals surface area contributed by atoms with Gasteiger partial charge in [-0.15, -0.1) is 0 Å². The fraction of sp³-hybridized carbons (Fsp3) is 0.0588. The summed E-state index contributed by atoms with van der Waals surface area (Å²) < 4.78 is 5.16. The zero-order chi connectivity index (χ0) is 15.5. The Hall–Kier alpha value is -2.59. The van der Waals surface area contributed by atoms with E-state index in [0.717, 1.165) is 22.6 Å². The van der Waals surface area contributed by atoms with E-state index in [-0.39, 0.29) is 5.95 Å². The van der Waals surface area contributed by atoms with E-state index < -0.39 is 0 Å². The highest BCUT2D eigenvalue weighted by atomic mass is 35.5. The van der Waals surface area contributed by atoms with Crippen LogP contribution >= 0.6 is 11.6 Å². The number of hydrogen-bond donors (Lipinski definition) is 1. The second-order valence-corrected chi connectivity index (χ2v) is 5.11. The molecule has 2 aromatic carbocycles. The lowest BCUT2D eigenvalue weighted by molar-refractivity contribution is 0.415. The lowest BCUT2D eigenvalue weighted by Crippen LogP contribution is -1.99. The molecule has 0 bridgehead atoms. The lowest BCUT2D eigenvalue weighted by Gasteiger charge is -2.08. The van der Waals surface area contributed by atoms with Crippen molar-refractivity contribution in [1.82, 2.24) is 9.97 Å². The van der Waals surface area contributed by atoms with E-state index in [1.165, 1.54) is 0 Å². The summed E-state index contributed by atoms with van der Waals surface area (Å²) in [6.45, 7) is 0. The summed E-state index contributed by atoms with van der Waals surface area (Å²) in [6.07, 6.45) is 0. The summed E-state index contributed by atoms with van der Waals surface area (Å²) in [7, 11) is 1.63. The summed E-state index contributed by atoms with van der Waals surface area (Å²) in [5, 5.41) is 0.626. The third kappa shape index (κ3) is 2.87. The molecule has 0 fully saturated rings. The molecule has 0 aliphatic rings. The van der Waals surface area contributed by atoms with Gasteiger partial charge in [0.2, 0.25) is 5.95 Å². The molecule has 110 valence electrons. The van der Waals surface area contributed by atoms with Gasteiger partial charge in [-0.2, -0.15) is 0 Å². The summed E-state index contributed by atoms with van der Waals surface area (Å²) in [5.74, 6) is 1.00. The Labute approximate surface area is 133 Å². The minimum Gasteiger partial charge on any atom is -0.497 e. The molecular weight excluding hydrogens is 298 g/mol. The number of methoxy groups -OCH3 is 1. The van der Waals surface area contributed by atoms with Crippen molar-refractivity contribution in [2.75, 3.05) is 12.8 Å². The highest BCUT2D eigenvalue weighted by Crippen LogP contribution is 2.29. The predicted octanol–water partition coefficient (Wildman–Crippen LogP) is 4.05. The molecule has 0 aliphatic heterocycles. The number of halogens is 1. The van der Waals surface area contributed by atoms with Crippen molar-refractivity contribution in [3.05, 3.63) is 59.6 Å². The van der Waals surface area contributed by atoms with Crippen LogP contribution in [0.2, 0.25) is 5.02 Å². The van der Waals surface area contributed by atoms with E-state index in [1.54, 1.807) is 7.11 Å². The number of rotatable bonds is 3. The van der Waals surface area contributed by atoms with Crippen LogP contribution in [0.1, 0.15) is 0 Å². The van der Waals surface area contributed by atoms with Crippen molar-refractivity contribution in [1.29, 1.82) is 0 Å². The average molecular weight is 312 g/mol. The normalized spacial score (nSPS) is 10.5. The molecule has 4 nitrogen and oxygen atoms in total. The molecular formula is C17H14ClN3O. The van der Waals surface area contributed by atoms with Crippen LogP contribution in [0.4, 0.5) is 5.95 Å². The molecule has 0 saturated carbocycles. The van der Waals surface area contributed by atoms with E-state index in [9.17, 15) is 0 Å². The van der Waals surface area contributed by atoms with Gasteiger partial charge in [0.15, 0.2) is 0 Å². The molecule has 2 N–H and O–H groups in total. The summed E-state index contributed by atoms with van der Waals surface area (Å²) in [4.78, 5) is 8.58. The zero-order valence-corrected chi connectivity index (χ0v) is 12.7. The van der Waals surface area contributed by atoms with Gasteiger partial charge in [-0.3, -0.25) is 0 Å². The Bertz CT molecular complexity index is 803. The lowest BCUT2D eigenvalue weighted by atomic mass is 10.1. The predicted molar refractivity (Wildman–Crippen MR) is 88.9 cm³/mol. The van der Waals surface area contributed by atoms with Crippen molar-refractivity contribution in [2.24, 2.45) is 0 Å². The first-order valence-electron chi connectivity index (χ1n) is 6.71. The Morgan fingerprint density at radius 1 is 0.955 bits per heavy atom. The first-order chi connectivity index (χ1) is 10.7. The quantitative estimate of drug-likeness (QED) is 0.792. The third-order valence-electron chi connectivity index (χ3n) is 3.28. The monoisotopic (exact) mass is 311 g/mol. The van der Waals surface area contributed by atoms with Crippen molar-refractivity contribution in [2.45, 2.75) is 0 Å². The smallest absolute Gasteiger partial charge is 0.221 e. The molecule has 3 aromatic rings. The van der Waals surface area contributed by atoms with E-state index >= 15 is 0 Å². The molecule has 3 rings (SSSR count). The second kappa shape index (κ2) is 6.03. The maximum Gasteiger partial charge on any atom is 0.221 e. The van der Waals surface area contributed by atoms with Crippen LogP contribution in [0.15, 0.2) is 54.6 Å².